The first-order valence-corrected chi connectivity index (χ1v) is 7.54. The highest BCUT2D eigenvalue weighted by Crippen LogP contribution is 2.22. The normalized spacial score (nSPS) is 12.5. The zero-order valence-corrected chi connectivity index (χ0v) is 11.9. The molecule has 0 aliphatic heterocycles. The average molecular weight is 278 g/mol. The van der Waals surface area contributed by atoms with E-state index in [1.54, 1.807) is 23.6 Å². The van der Waals surface area contributed by atoms with Crippen LogP contribution in [0.15, 0.2) is 36.0 Å². The summed E-state index contributed by atoms with van der Waals surface area (Å²) in [6, 6.07) is 6.02. The monoisotopic (exact) mass is 278 g/mol. The first-order chi connectivity index (χ1) is 9.31. The number of aromatic nitrogens is 1. The zero-order valence-electron chi connectivity index (χ0n) is 11.1. The van der Waals surface area contributed by atoms with Crippen molar-refractivity contribution in [1.82, 2.24) is 10.3 Å². The lowest BCUT2D eigenvalue weighted by Crippen LogP contribution is -2.23. The summed E-state index contributed by atoms with van der Waals surface area (Å²) in [5.74, 6) is -0.220. The smallest absolute Gasteiger partial charge is 0.146 e. The van der Waals surface area contributed by atoms with Gasteiger partial charge >= 0.3 is 0 Å². The summed E-state index contributed by atoms with van der Waals surface area (Å²) in [5.41, 5.74) is 0.722. The first kappa shape index (κ1) is 14.2. The van der Waals surface area contributed by atoms with E-state index in [9.17, 15) is 4.39 Å². The van der Waals surface area contributed by atoms with Gasteiger partial charge in [0.2, 0.25) is 0 Å². The minimum absolute atomic E-state index is 0.0602. The molecule has 4 heteroatoms. The van der Waals surface area contributed by atoms with Crippen molar-refractivity contribution in [3.8, 4) is 0 Å². The van der Waals surface area contributed by atoms with Crippen LogP contribution in [0, 0.1) is 5.82 Å². The molecular formula is C15H19FN2S. The quantitative estimate of drug-likeness (QED) is 0.829. The van der Waals surface area contributed by atoms with Gasteiger partial charge in [0, 0.05) is 22.7 Å². The van der Waals surface area contributed by atoms with E-state index >= 15 is 0 Å². The van der Waals surface area contributed by atoms with Crippen LogP contribution in [-0.2, 0) is 6.42 Å². The molecule has 0 spiro atoms. The van der Waals surface area contributed by atoms with Crippen molar-refractivity contribution < 1.29 is 4.39 Å². The summed E-state index contributed by atoms with van der Waals surface area (Å²) >= 11 is 1.75. The fourth-order valence-electron chi connectivity index (χ4n) is 2.10. The maximum Gasteiger partial charge on any atom is 0.146 e. The molecule has 2 nitrogen and oxygen atoms in total. The molecule has 2 heterocycles. The summed E-state index contributed by atoms with van der Waals surface area (Å²) in [5, 5.41) is 5.51. The number of thiophene rings is 1. The maximum atomic E-state index is 13.8. The number of nitrogens with one attached hydrogen (secondary N) is 1. The van der Waals surface area contributed by atoms with Crippen LogP contribution in [0.3, 0.4) is 0 Å². The van der Waals surface area contributed by atoms with E-state index in [4.69, 9.17) is 0 Å². The summed E-state index contributed by atoms with van der Waals surface area (Å²) in [4.78, 5) is 5.16. The van der Waals surface area contributed by atoms with E-state index in [-0.39, 0.29) is 11.9 Å². The van der Waals surface area contributed by atoms with Gasteiger partial charge in [-0.3, -0.25) is 4.98 Å². The molecule has 1 atom stereocenters. The molecule has 1 unspecified atom stereocenters. The van der Waals surface area contributed by atoms with Crippen molar-refractivity contribution in [2.75, 3.05) is 6.54 Å². The van der Waals surface area contributed by atoms with Gasteiger partial charge in [0.25, 0.3) is 0 Å². The number of hydrogen-bond acceptors (Lipinski definition) is 3. The Balaban J connectivity index is 2.05. The molecular weight excluding hydrogens is 259 g/mol. The Morgan fingerprint density at radius 3 is 3.00 bits per heavy atom. The van der Waals surface area contributed by atoms with Crippen molar-refractivity contribution in [1.29, 1.82) is 0 Å². The molecule has 0 radical (unpaired) electrons. The van der Waals surface area contributed by atoms with Gasteiger partial charge < -0.3 is 5.32 Å². The second-order valence-electron chi connectivity index (χ2n) is 4.52. The van der Waals surface area contributed by atoms with Gasteiger partial charge in [0.15, 0.2) is 0 Å². The van der Waals surface area contributed by atoms with Crippen LogP contribution < -0.4 is 5.32 Å². The number of aryl methyl sites for hydroxylation is 1. The Morgan fingerprint density at radius 1 is 1.42 bits per heavy atom. The highest BCUT2D eigenvalue weighted by atomic mass is 32.1. The fraction of sp³-hybridized carbons (Fsp3) is 0.400. The molecule has 0 saturated carbocycles. The van der Waals surface area contributed by atoms with Crippen molar-refractivity contribution in [3.63, 3.8) is 0 Å². The lowest BCUT2D eigenvalue weighted by Gasteiger charge is -2.19. The number of hydrogen-bond donors (Lipinski definition) is 1. The largest absolute Gasteiger partial charge is 0.310 e. The molecule has 0 aliphatic carbocycles. The van der Waals surface area contributed by atoms with Crippen molar-refractivity contribution in [3.05, 3.63) is 52.2 Å². The van der Waals surface area contributed by atoms with Gasteiger partial charge in [-0.25, -0.2) is 4.39 Å². The van der Waals surface area contributed by atoms with E-state index in [1.807, 2.05) is 0 Å². The van der Waals surface area contributed by atoms with Crippen LogP contribution in [0.25, 0.3) is 0 Å². The number of rotatable bonds is 7. The molecule has 0 aliphatic rings. The minimum Gasteiger partial charge on any atom is -0.310 e. The van der Waals surface area contributed by atoms with Crippen LogP contribution in [0.4, 0.5) is 4.39 Å². The number of pyridine rings is 1. The molecule has 0 saturated heterocycles. The molecule has 2 aromatic heterocycles. The molecule has 0 amide bonds. The third-order valence-corrected chi connectivity index (χ3v) is 4.02. The average Bonchev–Trinajstić information content (AvgIpc) is 2.93. The van der Waals surface area contributed by atoms with Gasteiger partial charge in [-0.05, 0) is 43.3 Å². The fourth-order valence-corrected chi connectivity index (χ4v) is 2.82. The SMILES string of the molecule is CCCNC(CCc1cccs1)c1ccncc1F. The van der Waals surface area contributed by atoms with Crippen molar-refractivity contribution in [2.45, 2.75) is 32.2 Å². The second kappa shape index (κ2) is 7.36. The van der Waals surface area contributed by atoms with Gasteiger partial charge in [-0.15, -0.1) is 11.3 Å². The van der Waals surface area contributed by atoms with Crippen LogP contribution in [0.2, 0.25) is 0 Å². The summed E-state index contributed by atoms with van der Waals surface area (Å²) in [6.07, 6.45) is 5.87. The van der Waals surface area contributed by atoms with Crippen LogP contribution in [-0.4, -0.2) is 11.5 Å². The van der Waals surface area contributed by atoms with Gasteiger partial charge in [-0.2, -0.15) is 0 Å². The maximum absolute atomic E-state index is 13.8. The molecule has 19 heavy (non-hydrogen) atoms. The summed E-state index contributed by atoms with van der Waals surface area (Å²) in [7, 11) is 0. The number of halogens is 1. The van der Waals surface area contributed by atoms with Gasteiger partial charge in [0.1, 0.15) is 5.82 Å². The lowest BCUT2D eigenvalue weighted by molar-refractivity contribution is 0.473. The highest BCUT2D eigenvalue weighted by molar-refractivity contribution is 7.09. The Labute approximate surface area is 117 Å². The lowest BCUT2D eigenvalue weighted by atomic mass is 10.0. The topological polar surface area (TPSA) is 24.9 Å². The van der Waals surface area contributed by atoms with Gasteiger partial charge in [0.05, 0.1) is 6.20 Å². The molecule has 0 aromatic carbocycles. The van der Waals surface area contributed by atoms with E-state index in [1.165, 1.54) is 11.1 Å². The van der Waals surface area contributed by atoms with Crippen molar-refractivity contribution >= 4 is 11.3 Å². The third kappa shape index (κ3) is 4.11. The predicted molar refractivity (Wildman–Crippen MR) is 77.9 cm³/mol. The van der Waals surface area contributed by atoms with Crippen molar-refractivity contribution in [2.24, 2.45) is 0 Å². The number of nitrogens with zero attached hydrogens (tertiary/aromatic N) is 1. The van der Waals surface area contributed by atoms with Crippen LogP contribution in [0.5, 0.6) is 0 Å². The van der Waals surface area contributed by atoms with Crippen LogP contribution >= 0.6 is 11.3 Å². The zero-order chi connectivity index (χ0) is 13.5. The minimum atomic E-state index is -0.220. The summed E-state index contributed by atoms with van der Waals surface area (Å²) < 4.78 is 13.8. The standard InChI is InChI=1S/C15H19FN2S/c1-2-8-18-15(6-5-12-4-3-10-19-12)13-7-9-17-11-14(13)16/h3-4,7,9-11,15,18H,2,5-6,8H2,1H3. The molecule has 2 aromatic rings. The Morgan fingerprint density at radius 2 is 2.32 bits per heavy atom. The van der Waals surface area contributed by atoms with E-state index in [0.29, 0.717) is 0 Å². The Kier molecular flexibility index (Phi) is 5.48. The molecule has 0 fully saturated rings. The van der Waals surface area contributed by atoms with Gasteiger partial charge in [-0.1, -0.05) is 13.0 Å². The van der Waals surface area contributed by atoms with Crippen LogP contribution in [0.1, 0.15) is 36.2 Å². The van der Waals surface area contributed by atoms with E-state index in [2.05, 4.69) is 34.7 Å². The predicted octanol–water partition coefficient (Wildman–Crippen LogP) is 3.96. The third-order valence-electron chi connectivity index (χ3n) is 3.08. The van der Waals surface area contributed by atoms with E-state index in [0.717, 1.165) is 31.4 Å². The molecule has 2 rings (SSSR count). The highest BCUT2D eigenvalue weighted by Gasteiger charge is 2.15. The molecule has 1 N–H and O–H groups in total. The Bertz CT molecular complexity index is 485. The molecule has 102 valence electrons. The molecule has 0 bridgehead atoms. The second-order valence-corrected chi connectivity index (χ2v) is 5.55. The van der Waals surface area contributed by atoms with E-state index < -0.39 is 0 Å². The first-order valence-electron chi connectivity index (χ1n) is 6.66. The Hall–Kier alpha value is -1.26. The summed E-state index contributed by atoms with van der Waals surface area (Å²) in [6.45, 7) is 3.02.